The average Bonchev–Trinajstić information content (AvgIpc) is 2.26. The predicted octanol–water partition coefficient (Wildman–Crippen LogP) is 1.51. The van der Waals surface area contributed by atoms with Gasteiger partial charge in [0.1, 0.15) is 0 Å². The van der Waals surface area contributed by atoms with Gasteiger partial charge in [0.2, 0.25) is 11.8 Å². The summed E-state index contributed by atoms with van der Waals surface area (Å²) in [5.41, 5.74) is 7.55. The van der Waals surface area contributed by atoms with Gasteiger partial charge in [0.25, 0.3) is 0 Å². The molecule has 1 aromatic rings. The van der Waals surface area contributed by atoms with Crippen LogP contribution in [0.3, 0.4) is 0 Å². The third-order valence-corrected chi connectivity index (χ3v) is 2.48. The van der Waals surface area contributed by atoms with Crippen molar-refractivity contribution in [2.75, 3.05) is 0 Å². The van der Waals surface area contributed by atoms with E-state index in [1.54, 1.807) is 6.07 Å². The molecular weight excluding hydrogens is 216 g/mol. The molecule has 0 fully saturated rings. The zero-order valence-corrected chi connectivity index (χ0v) is 10.2. The summed E-state index contributed by atoms with van der Waals surface area (Å²) in [6.45, 7) is 4.22. The molecule has 4 nitrogen and oxygen atoms in total. The van der Waals surface area contributed by atoms with Crippen molar-refractivity contribution >= 4 is 11.8 Å². The number of nitrogens with one attached hydrogen (secondary N) is 1. The summed E-state index contributed by atoms with van der Waals surface area (Å²) in [7, 11) is 0. The van der Waals surface area contributed by atoms with E-state index in [9.17, 15) is 9.59 Å². The van der Waals surface area contributed by atoms with Gasteiger partial charge in [-0.1, -0.05) is 24.6 Å². The van der Waals surface area contributed by atoms with E-state index in [4.69, 9.17) is 5.73 Å². The number of primary amides is 1. The minimum atomic E-state index is -0.468. The van der Waals surface area contributed by atoms with Crippen LogP contribution in [-0.2, 0) is 11.3 Å². The first-order valence-corrected chi connectivity index (χ1v) is 5.70. The number of nitrogens with two attached hydrogens (primary N) is 1. The smallest absolute Gasteiger partial charge is 0.249 e. The topological polar surface area (TPSA) is 72.2 Å². The third kappa shape index (κ3) is 3.90. The highest BCUT2D eigenvalue weighted by Gasteiger charge is 2.09. The second-order valence-corrected chi connectivity index (χ2v) is 4.05. The molecule has 2 amide bonds. The number of aryl methyl sites for hydroxylation is 1. The summed E-state index contributed by atoms with van der Waals surface area (Å²) in [5, 5.41) is 2.78. The van der Waals surface area contributed by atoms with E-state index in [0.717, 1.165) is 17.5 Å². The molecule has 3 N–H and O–H groups in total. The van der Waals surface area contributed by atoms with Gasteiger partial charge in [-0.15, -0.1) is 0 Å². The SMILES string of the molecule is CCCC(=O)NCc1cc(C)ccc1C(N)=O. The quantitative estimate of drug-likeness (QED) is 0.810. The van der Waals surface area contributed by atoms with Crippen molar-refractivity contribution in [2.45, 2.75) is 33.2 Å². The van der Waals surface area contributed by atoms with Crippen molar-refractivity contribution in [3.05, 3.63) is 34.9 Å². The molecule has 0 bridgehead atoms. The van der Waals surface area contributed by atoms with Gasteiger partial charge in [-0.2, -0.15) is 0 Å². The van der Waals surface area contributed by atoms with E-state index >= 15 is 0 Å². The average molecular weight is 234 g/mol. The Balaban J connectivity index is 2.78. The summed E-state index contributed by atoms with van der Waals surface area (Å²) in [6, 6.07) is 5.39. The molecule has 4 heteroatoms. The minimum Gasteiger partial charge on any atom is -0.366 e. The Labute approximate surface area is 101 Å². The first kappa shape index (κ1) is 13.2. The van der Waals surface area contributed by atoms with Crippen molar-refractivity contribution in [1.82, 2.24) is 5.32 Å². The molecule has 0 aliphatic rings. The Hall–Kier alpha value is -1.84. The van der Waals surface area contributed by atoms with Crippen LogP contribution >= 0.6 is 0 Å². The second kappa shape index (κ2) is 6.03. The van der Waals surface area contributed by atoms with Crippen LogP contribution < -0.4 is 11.1 Å². The molecule has 92 valence electrons. The Kier molecular flexibility index (Phi) is 4.69. The van der Waals surface area contributed by atoms with Gasteiger partial charge in [-0.3, -0.25) is 9.59 Å². The van der Waals surface area contributed by atoms with E-state index in [1.807, 2.05) is 26.0 Å². The lowest BCUT2D eigenvalue weighted by atomic mass is 10.0. The molecule has 0 aliphatic carbocycles. The molecule has 0 saturated heterocycles. The number of hydrogen-bond donors (Lipinski definition) is 2. The molecule has 1 aromatic carbocycles. The van der Waals surface area contributed by atoms with E-state index < -0.39 is 5.91 Å². The van der Waals surface area contributed by atoms with Crippen LogP contribution in [0.2, 0.25) is 0 Å². The Morgan fingerprint density at radius 3 is 2.65 bits per heavy atom. The van der Waals surface area contributed by atoms with Crippen molar-refractivity contribution in [1.29, 1.82) is 0 Å². The van der Waals surface area contributed by atoms with Crippen LogP contribution in [0.5, 0.6) is 0 Å². The highest BCUT2D eigenvalue weighted by molar-refractivity contribution is 5.94. The van der Waals surface area contributed by atoms with E-state index in [0.29, 0.717) is 18.5 Å². The van der Waals surface area contributed by atoms with E-state index in [-0.39, 0.29) is 5.91 Å². The highest BCUT2D eigenvalue weighted by atomic mass is 16.2. The first-order chi connectivity index (χ1) is 8.04. The van der Waals surface area contributed by atoms with Gasteiger partial charge in [0.05, 0.1) is 0 Å². The van der Waals surface area contributed by atoms with Crippen LogP contribution in [-0.4, -0.2) is 11.8 Å². The van der Waals surface area contributed by atoms with Crippen LogP contribution in [0.15, 0.2) is 18.2 Å². The number of carbonyl (C=O) groups excluding carboxylic acids is 2. The van der Waals surface area contributed by atoms with E-state index in [2.05, 4.69) is 5.32 Å². The van der Waals surface area contributed by atoms with Crippen molar-refractivity contribution < 1.29 is 9.59 Å². The van der Waals surface area contributed by atoms with Gasteiger partial charge < -0.3 is 11.1 Å². The number of carbonyl (C=O) groups is 2. The molecule has 0 radical (unpaired) electrons. The summed E-state index contributed by atoms with van der Waals surface area (Å²) < 4.78 is 0. The fourth-order valence-electron chi connectivity index (χ4n) is 1.62. The zero-order valence-electron chi connectivity index (χ0n) is 10.2. The second-order valence-electron chi connectivity index (χ2n) is 4.05. The number of hydrogen-bond acceptors (Lipinski definition) is 2. The van der Waals surface area contributed by atoms with Crippen LogP contribution in [0.4, 0.5) is 0 Å². The van der Waals surface area contributed by atoms with Gasteiger partial charge in [0.15, 0.2) is 0 Å². The van der Waals surface area contributed by atoms with E-state index in [1.165, 1.54) is 0 Å². The summed E-state index contributed by atoms with van der Waals surface area (Å²) in [5.74, 6) is -0.478. The summed E-state index contributed by atoms with van der Waals surface area (Å²) >= 11 is 0. The Bertz CT molecular complexity index is 427. The highest BCUT2D eigenvalue weighted by Crippen LogP contribution is 2.11. The van der Waals surface area contributed by atoms with Gasteiger partial charge in [-0.05, 0) is 25.0 Å². The normalized spacial score (nSPS) is 10.0. The number of rotatable bonds is 5. The lowest BCUT2D eigenvalue weighted by Crippen LogP contribution is -2.24. The summed E-state index contributed by atoms with van der Waals surface area (Å²) in [4.78, 5) is 22.6. The van der Waals surface area contributed by atoms with Crippen molar-refractivity contribution in [2.24, 2.45) is 5.73 Å². The molecule has 0 aliphatic heterocycles. The maximum absolute atomic E-state index is 11.4. The molecule has 0 atom stereocenters. The Morgan fingerprint density at radius 2 is 2.06 bits per heavy atom. The largest absolute Gasteiger partial charge is 0.366 e. The fraction of sp³-hybridized carbons (Fsp3) is 0.385. The fourth-order valence-corrected chi connectivity index (χ4v) is 1.62. The van der Waals surface area contributed by atoms with Gasteiger partial charge in [0, 0.05) is 18.5 Å². The van der Waals surface area contributed by atoms with Crippen molar-refractivity contribution in [3.63, 3.8) is 0 Å². The number of amides is 2. The Morgan fingerprint density at radius 1 is 1.35 bits per heavy atom. The molecule has 0 aromatic heterocycles. The van der Waals surface area contributed by atoms with Gasteiger partial charge in [-0.25, -0.2) is 0 Å². The van der Waals surface area contributed by atoms with Crippen LogP contribution in [0.25, 0.3) is 0 Å². The maximum Gasteiger partial charge on any atom is 0.249 e. The number of benzene rings is 1. The van der Waals surface area contributed by atoms with Gasteiger partial charge >= 0.3 is 0 Å². The lowest BCUT2D eigenvalue weighted by Gasteiger charge is -2.09. The lowest BCUT2D eigenvalue weighted by molar-refractivity contribution is -0.121. The molecule has 17 heavy (non-hydrogen) atoms. The molecule has 0 heterocycles. The molecular formula is C13H18N2O2. The standard InChI is InChI=1S/C13H18N2O2/c1-3-4-12(16)15-8-10-7-9(2)5-6-11(10)13(14)17/h5-7H,3-4,8H2,1-2H3,(H2,14,17)(H,15,16). The zero-order chi connectivity index (χ0) is 12.8. The predicted molar refractivity (Wildman–Crippen MR) is 66.5 cm³/mol. The maximum atomic E-state index is 11.4. The molecule has 0 unspecified atom stereocenters. The van der Waals surface area contributed by atoms with Crippen molar-refractivity contribution in [3.8, 4) is 0 Å². The van der Waals surface area contributed by atoms with Crippen LogP contribution in [0.1, 0.15) is 41.3 Å². The molecule has 0 saturated carbocycles. The monoisotopic (exact) mass is 234 g/mol. The van der Waals surface area contributed by atoms with Crippen LogP contribution in [0, 0.1) is 6.92 Å². The molecule has 0 spiro atoms. The summed E-state index contributed by atoms with van der Waals surface area (Å²) in [6.07, 6.45) is 1.31. The third-order valence-electron chi connectivity index (χ3n) is 2.48. The molecule has 1 rings (SSSR count). The first-order valence-electron chi connectivity index (χ1n) is 5.70. The minimum absolute atomic E-state index is 0.00979.